The van der Waals surface area contributed by atoms with E-state index in [1.165, 1.54) is 0 Å². The Balaban J connectivity index is 2.55. The van der Waals surface area contributed by atoms with Gasteiger partial charge in [-0.1, -0.05) is 6.92 Å². The Kier molecular flexibility index (Phi) is 4.94. The normalized spacial score (nSPS) is 23.4. The lowest BCUT2D eigenvalue weighted by Crippen LogP contribution is -2.42. The highest BCUT2D eigenvalue weighted by Crippen LogP contribution is 2.18. The van der Waals surface area contributed by atoms with Crippen LogP contribution in [-0.2, 0) is 19.9 Å². The highest BCUT2D eigenvalue weighted by molar-refractivity contribution is 7.92. The third kappa shape index (κ3) is 4.53. The lowest BCUT2D eigenvalue weighted by molar-refractivity contribution is 0.174. The minimum absolute atomic E-state index is 0.0118. The minimum Gasteiger partial charge on any atom is -0.392 e. The molecule has 1 aliphatic rings. The van der Waals surface area contributed by atoms with Crippen molar-refractivity contribution in [1.29, 1.82) is 0 Å². The first-order chi connectivity index (χ1) is 7.77. The van der Waals surface area contributed by atoms with Crippen molar-refractivity contribution in [2.75, 3.05) is 18.1 Å². The van der Waals surface area contributed by atoms with Gasteiger partial charge in [0.1, 0.15) is 9.84 Å². The summed E-state index contributed by atoms with van der Waals surface area (Å²) in [6.07, 6.45) is 0.0542. The molecule has 0 saturated carbocycles. The van der Waals surface area contributed by atoms with Gasteiger partial charge in [0, 0.05) is 6.54 Å². The molecule has 0 aromatic rings. The maximum atomic E-state index is 11.8. The quantitative estimate of drug-likeness (QED) is 0.692. The molecular formula is C9H19NO5S2. The second-order valence-electron chi connectivity index (χ2n) is 4.31. The van der Waals surface area contributed by atoms with Crippen molar-refractivity contribution in [3.8, 4) is 0 Å². The van der Waals surface area contributed by atoms with E-state index in [1.54, 1.807) is 6.92 Å². The number of sulfonamides is 1. The molecule has 1 heterocycles. The van der Waals surface area contributed by atoms with Crippen LogP contribution < -0.4 is 4.72 Å². The Morgan fingerprint density at radius 3 is 2.35 bits per heavy atom. The van der Waals surface area contributed by atoms with Crippen molar-refractivity contribution in [3.63, 3.8) is 0 Å². The Labute approximate surface area is 102 Å². The van der Waals surface area contributed by atoms with Gasteiger partial charge in [-0.3, -0.25) is 0 Å². The second-order valence-corrected chi connectivity index (χ2v) is 8.66. The van der Waals surface area contributed by atoms with Crippen molar-refractivity contribution < 1.29 is 21.9 Å². The number of sulfone groups is 1. The minimum atomic E-state index is -3.51. The van der Waals surface area contributed by atoms with Gasteiger partial charge in [0.15, 0.2) is 0 Å². The molecule has 2 N–H and O–H groups in total. The molecule has 1 unspecified atom stereocenters. The Hall–Kier alpha value is -0.180. The molecule has 1 rings (SSSR count). The van der Waals surface area contributed by atoms with E-state index < -0.39 is 31.2 Å². The summed E-state index contributed by atoms with van der Waals surface area (Å²) < 4.78 is 48.3. The Morgan fingerprint density at radius 1 is 1.35 bits per heavy atom. The van der Waals surface area contributed by atoms with Gasteiger partial charge in [0.25, 0.3) is 0 Å². The molecule has 1 saturated heterocycles. The van der Waals surface area contributed by atoms with E-state index in [-0.39, 0.29) is 30.9 Å². The lowest BCUT2D eigenvalue weighted by Gasteiger charge is -2.22. The number of nitrogens with one attached hydrogen (secondary N) is 1. The molecule has 1 atom stereocenters. The van der Waals surface area contributed by atoms with Gasteiger partial charge in [0.2, 0.25) is 10.0 Å². The fourth-order valence-electron chi connectivity index (χ4n) is 1.65. The molecule has 0 radical (unpaired) electrons. The number of aliphatic hydroxyl groups is 1. The Morgan fingerprint density at radius 2 is 1.88 bits per heavy atom. The van der Waals surface area contributed by atoms with Gasteiger partial charge < -0.3 is 5.11 Å². The van der Waals surface area contributed by atoms with Crippen molar-refractivity contribution in [2.45, 2.75) is 37.5 Å². The highest BCUT2D eigenvalue weighted by Gasteiger charge is 2.32. The molecule has 102 valence electrons. The molecule has 1 aliphatic heterocycles. The molecule has 0 aliphatic carbocycles. The smallest absolute Gasteiger partial charge is 0.214 e. The van der Waals surface area contributed by atoms with E-state index in [2.05, 4.69) is 4.72 Å². The molecule has 0 aromatic heterocycles. The number of rotatable bonds is 5. The summed E-state index contributed by atoms with van der Waals surface area (Å²) in [5, 5.41) is 8.62. The third-order valence-corrected chi connectivity index (χ3v) is 6.57. The highest BCUT2D eigenvalue weighted by atomic mass is 32.2. The SMILES string of the molecule is CCC(O)CNS(=O)(=O)C1CCS(=O)(=O)CC1. The van der Waals surface area contributed by atoms with Crippen LogP contribution in [0.25, 0.3) is 0 Å². The summed E-state index contributed by atoms with van der Waals surface area (Å²) >= 11 is 0. The van der Waals surface area contributed by atoms with Gasteiger partial charge >= 0.3 is 0 Å². The van der Waals surface area contributed by atoms with Crippen LogP contribution in [0.4, 0.5) is 0 Å². The first kappa shape index (κ1) is 14.9. The molecule has 0 spiro atoms. The van der Waals surface area contributed by atoms with Crippen LogP contribution in [0.1, 0.15) is 26.2 Å². The maximum absolute atomic E-state index is 11.8. The van der Waals surface area contributed by atoms with E-state index in [0.29, 0.717) is 6.42 Å². The molecule has 0 amide bonds. The summed E-state index contributed by atoms with van der Waals surface area (Å²) in [5.41, 5.74) is 0. The fourth-order valence-corrected chi connectivity index (χ4v) is 4.96. The summed E-state index contributed by atoms with van der Waals surface area (Å²) in [6, 6.07) is 0. The number of aliphatic hydroxyl groups excluding tert-OH is 1. The summed E-state index contributed by atoms with van der Waals surface area (Å²) in [6.45, 7) is 1.74. The van der Waals surface area contributed by atoms with Crippen molar-refractivity contribution >= 4 is 19.9 Å². The molecule has 1 fully saturated rings. The number of hydrogen-bond acceptors (Lipinski definition) is 5. The van der Waals surface area contributed by atoms with Crippen LogP contribution in [0.5, 0.6) is 0 Å². The maximum Gasteiger partial charge on any atom is 0.214 e. The monoisotopic (exact) mass is 285 g/mol. The third-order valence-electron chi connectivity index (χ3n) is 2.93. The molecule has 17 heavy (non-hydrogen) atoms. The largest absolute Gasteiger partial charge is 0.392 e. The van der Waals surface area contributed by atoms with Crippen LogP contribution in [0, 0.1) is 0 Å². The van der Waals surface area contributed by atoms with Gasteiger partial charge in [-0.25, -0.2) is 21.6 Å². The van der Waals surface area contributed by atoms with Crippen LogP contribution in [0.15, 0.2) is 0 Å². The standard InChI is InChI=1S/C9H19NO5S2/c1-2-8(11)7-10-17(14,15)9-3-5-16(12,13)6-4-9/h8-11H,2-7H2,1H3. The zero-order valence-corrected chi connectivity index (χ0v) is 11.4. The van der Waals surface area contributed by atoms with E-state index in [0.717, 1.165) is 0 Å². The average molecular weight is 285 g/mol. The summed E-state index contributed by atoms with van der Waals surface area (Å²) in [4.78, 5) is 0. The number of hydrogen-bond donors (Lipinski definition) is 2. The second kappa shape index (κ2) is 5.64. The van der Waals surface area contributed by atoms with E-state index >= 15 is 0 Å². The fraction of sp³-hybridized carbons (Fsp3) is 1.00. The van der Waals surface area contributed by atoms with E-state index in [9.17, 15) is 21.9 Å². The van der Waals surface area contributed by atoms with Crippen LogP contribution in [0.2, 0.25) is 0 Å². The van der Waals surface area contributed by atoms with Crippen LogP contribution >= 0.6 is 0 Å². The van der Waals surface area contributed by atoms with E-state index in [1.807, 2.05) is 0 Å². The van der Waals surface area contributed by atoms with Crippen molar-refractivity contribution in [3.05, 3.63) is 0 Å². The zero-order chi connectivity index (χ0) is 13.1. The zero-order valence-electron chi connectivity index (χ0n) is 9.79. The molecule has 0 aromatic carbocycles. The Bertz CT molecular complexity index is 428. The topological polar surface area (TPSA) is 101 Å². The van der Waals surface area contributed by atoms with Crippen molar-refractivity contribution in [1.82, 2.24) is 4.72 Å². The van der Waals surface area contributed by atoms with Gasteiger partial charge in [-0.05, 0) is 19.3 Å². The average Bonchev–Trinajstić information content (AvgIpc) is 2.25. The molecule has 6 nitrogen and oxygen atoms in total. The summed E-state index contributed by atoms with van der Waals surface area (Å²) in [7, 11) is -6.57. The first-order valence-corrected chi connectivity index (χ1v) is 9.00. The van der Waals surface area contributed by atoms with Crippen molar-refractivity contribution in [2.24, 2.45) is 0 Å². The van der Waals surface area contributed by atoms with Gasteiger partial charge in [-0.2, -0.15) is 0 Å². The molecule has 0 bridgehead atoms. The van der Waals surface area contributed by atoms with Gasteiger partial charge in [0.05, 0.1) is 22.9 Å². The van der Waals surface area contributed by atoms with Crippen LogP contribution in [-0.4, -0.2) is 51.3 Å². The lowest BCUT2D eigenvalue weighted by atomic mass is 10.2. The first-order valence-electron chi connectivity index (χ1n) is 5.64. The predicted molar refractivity (Wildman–Crippen MR) is 64.9 cm³/mol. The summed E-state index contributed by atoms with van der Waals surface area (Å²) in [5.74, 6) is -0.149. The molecule has 8 heteroatoms. The predicted octanol–water partition coefficient (Wildman–Crippen LogP) is -0.746. The van der Waals surface area contributed by atoms with Gasteiger partial charge in [-0.15, -0.1) is 0 Å². The molecular weight excluding hydrogens is 266 g/mol. The van der Waals surface area contributed by atoms with E-state index in [4.69, 9.17) is 0 Å². The van der Waals surface area contributed by atoms with Crippen LogP contribution in [0.3, 0.4) is 0 Å².